The fraction of sp³-hybridized carbons (Fsp3) is 0.211. The number of hydrogen-bond donors (Lipinski definition) is 0. The fourth-order valence-corrected chi connectivity index (χ4v) is 10.5. The van der Waals surface area contributed by atoms with Gasteiger partial charge in [-0.1, -0.05) is 177 Å². The minimum Gasteiger partial charge on any atom is -0.309 e. The summed E-state index contributed by atoms with van der Waals surface area (Å²) in [7, 11) is 0. The average molecular weight is 791 g/mol. The van der Waals surface area contributed by atoms with E-state index >= 15 is 0 Å². The van der Waals surface area contributed by atoms with Crippen molar-refractivity contribution in [3.8, 4) is 62.1 Å². The van der Waals surface area contributed by atoms with Crippen LogP contribution in [0.5, 0.6) is 0 Å². The normalized spacial score (nSPS) is 16.4. The highest BCUT2D eigenvalue weighted by molar-refractivity contribution is 6.11. The SMILES string of the molecule is CC1(C)c2ccccc2-c2ccc(-c3nc(-c4ccccc4)nc(-c4cccc(-n5c6ccccc6c6cc7c(cc65)C(C)(C)C(C)(C)c5ccccc5-7)c4)n3)cc2C1(C)C. The van der Waals surface area contributed by atoms with Crippen LogP contribution in [0.2, 0.25) is 0 Å². The predicted molar refractivity (Wildman–Crippen MR) is 253 cm³/mol. The van der Waals surface area contributed by atoms with Gasteiger partial charge in [0.25, 0.3) is 0 Å². The molecule has 2 aromatic heterocycles. The van der Waals surface area contributed by atoms with Gasteiger partial charge in [0.2, 0.25) is 0 Å². The molecule has 0 radical (unpaired) electrons. The lowest BCUT2D eigenvalue weighted by atomic mass is 9.55. The number of rotatable bonds is 4. The summed E-state index contributed by atoms with van der Waals surface area (Å²) >= 11 is 0. The second-order valence-electron chi connectivity index (χ2n) is 19.3. The Bertz CT molecular complexity index is 3250. The van der Waals surface area contributed by atoms with Gasteiger partial charge in [-0.3, -0.25) is 0 Å². The van der Waals surface area contributed by atoms with E-state index in [9.17, 15) is 0 Å². The Labute approximate surface area is 359 Å². The predicted octanol–water partition coefficient (Wildman–Crippen LogP) is 14.4. The second-order valence-corrected chi connectivity index (χ2v) is 19.3. The minimum absolute atomic E-state index is 0.0671. The summed E-state index contributed by atoms with van der Waals surface area (Å²) in [5.74, 6) is 1.96. The van der Waals surface area contributed by atoms with E-state index in [1.807, 2.05) is 18.2 Å². The molecule has 0 amide bonds. The Morgan fingerprint density at radius 1 is 0.328 bits per heavy atom. The van der Waals surface area contributed by atoms with E-state index in [-0.39, 0.29) is 21.7 Å². The number of hydrogen-bond acceptors (Lipinski definition) is 3. The van der Waals surface area contributed by atoms with E-state index in [1.54, 1.807) is 0 Å². The largest absolute Gasteiger partial charge is 0.309 e. The molecule has 298 valence electrons. The molecule has 2 heterocycles. The summed E-state index contributed by atoms with van der Waals surface area (Å²) in [6.45, 7) is 19.1. The number of aromatic nitrogens is 4. The number of para-hydroxylation sites is 1. The van der Waals surface area contributed by atoms with Crippen LogP contribution in [0.3, 0.4) is 0 Å². The second kappa shape index (κ2) is 12.9. The maximum Gasteiger partial charge on any atom is 0.164 e. The van der Waals surface area contributed by atoms with Crippen molar-refractivity contribution in [2.45, 2.75) is 77.0 Å². The van der Waals surface area contributed by atoms with Crippen molar-refractivity contribution >= 4 is 21.8 Å². The lowest BCUT2D eigenvalue weighted by molar-refractivity contribution is 0.299. The van der Waals surface area contributed by atoms with Gasteiger partial charge >= 0.3 is 0 Å². The van der Waals surface area contributed by atoms with Crippen LogP contribution in [-0.4, -0.2) is 19.5 Å². The Morgan fingerprint density at radius 3 is 1.49 bits per heavy atom. The van der Waals surface area contributed by atoms with E-state index in [1.165, 1.54) is 66.3 Å². The third-order valence-electron chi connectivity index (χ3n) is 15.4. The molecule has 2 aliphatic rings. The molecule has 0 saturated carbocycles. The van der Waals surface area contributed by atoms with Gasteiger partial charge in [-0.15, -0.1) is 0 Å². The molecule has 0 fully saturated rings. The Hall–Kier alpha value is -6.65. The Kier molecular flexibility index (Phi) is 7.92. The highest BCUT2D eigenvalue weighted by Gasteiger charge is 2.47. The molecular weight excluding hydrogens is 741 g/mol. The summed E-state index contributed by atoms with van der Waals surface area (Å²) in [5.41, 5.74) is 16.6. The summed E-state index contributed by atoms with van der Waals surface area (Å²) in [6, 6.07) is 57.4. The van der Waals surface area contributed by atoms with Gasteiger partial charge in [-0.05, 0) is 103 Å². The number of nitrogens with zero attached hydrogens (tertiary/aromatic N) is 4. The Morgan fingerprint density at radius 2 is 0.820 bits per heavy atom. The van der Waals surface area contributed by atoms with Gasteiger partial charge in [-0.2, -0.15) is 0 Å². The van der Waals surface area contributed by atoms with Gasteiger partial charge < -0.3 is 4.57 Å². The monoisotopic (exact) mass is 790 g/mol. The van der Waals surface area contributed by atoms with Crippen molar-refractivity contribution in [2.24, 2.45) is 0 Å². The van der Waals surface area contributed by atoms with Crippen LogP contribution in [0, 0.1) is 0 Å². The van der Waals surface area contributed by atoms with Crippen molar-refractivity contribution in [1.82, 2.24) is 19.5 Å². The maximum absolute atomic E-state index is 5.31. The Balaban J connectivity index is 1.10. The van der Waals surface area contributed by atoms with Crippen molar-refractivity contribution in [3.63, 3.8) is 0 Å². The van der Waals surface area contributed by atoms with Crippen molar-refractivity contribution in [1.29, 1.82) is 0 Å². The number of benzene rings is 7. The molecule has 0 spiro atoms. The molecular formula is C57H50N4. The van der Waals surface area contributed by atoms with Crippen LogP contribution in [0.4, 0.5) is 0 Å². The van der Waals surface area contributed by atoms with Crippen molar-refractivity contribution in [2.75, 3.05) is 0 Å². The molecule has 0 unspecified atom stereocenters. The van der Waals surface area contributed by atoms with Gasteiger partial charge in [0.05, 0.1) is 11.0 Å². The summed E-state index contributed by atoms with van der Waals surface area (Å²) in [4.78, 5) is 15.7. The van der Waals surface area contributed by atoms with E-state index in [0.29, 0.717) is 17.5 Å². The summed E-state index contributed by atoms with van der Waals surface area (Å²) < 4.78 is 2.43. The molecule has 61 heavy (non-hydrogen) atoms. The number of fused-ring (bicyclic) bond motifs is 9. The van der Waals surface area contributed by atoms with Crippen LogP contribution < -0.4 is 0 Å². The third-order valence-corrected chi connectivity index (χ3v) is 15.4. The quantitative estimate of drug-likeness (QED) is 0.178. The molecule has 0 aliphatic heterocycles. The molecule has 0 bridgehead atoms. The smallest absolute Gasteiger partial charge is 0.164 e. The topological polar surface area (TPSA) is 43.6 Å². The van der Waals surface area contributed by atoms with Crippen LogP contribution >= 0.6 is 0 Å². The van der Waals surface area contributed by atoms with Gasteiger partial charge in [-0.25, -0.2) is 15.0 Å². The first kappa shape index (κ1) is 37.4. The maximum atomic E-state index is 5.31. The van der Waals surface area contributed by atoms with Crippen LogP contribution in [0.15, 0.2) is 158 Å². The molecule has 0 saturated heterocycles. The highest BCUT2D eigenvalue weighted by atomic mass is 15.0. The lowest BCUT2D eigenvalue weighted by Crippen LogP contribution is -2.43. The molecule has 0 atom stereocenters. The third kappa shape index (κ3) is 5.27. The van der Waals surface area contributed by atoms with Crippen LogP contribution in [0.1, 0.15) is 77.6 Å². The minimum atomic E-state index is -0.144. The molecule has 0 N–H and O–H groups in total. The van der Waals surface area contributed by atoms with Crippen LogP contribution in [-0.2, 0) is 21.7 Å². The van der Waals surface area contributed by atoms with E-state index < -0.39 is 0 Å². The zero-order valence-corrected chi connectivity index (χ0v) is 36.3. The van der Waals surface area contributed by atoms with Gasteiger partial charge in [0, 0.05) is 33.2 Å². The van der Waals surface area contributed by atoms with Crippen molar-refractivity contribution in [3.05, 3.63) is 180 Å². The molecule has 4 heteroatoms. The average Bonchev–Trinajstić information content (AvgIpc) is 3.61. The molecule has 7 aromatic carbocycles. The van der Waals surface area contributed by atoms with Gasteiger partial charge in [0.1, 0.15) is 0 Å². The van der Waals surface area contributed by atoms with E-state index in [0.717, 1.165) is 22.4 Å². The molecule has 4 nitrogen and oxygen atoms in total. The highest BCUT2D eigenvalue weighted by Crippen LogP contribution is 2.56. The first-order chi connectivity index (χ1) is 29.3. The first-order valence-electron chi connectivity index (χ1n) is 21.6. The van der Waals surface area contributed by atoms with Crippen LogP contribution in [0.25, 0.3) is 83.9 Å². The van der Waals surface area contributed by atoms with Gasteiger partial charge in [0.15, 0.2) is 17.5 Å². The molecule has 9 aromatic rings. The fourth-order valence-electron chi connectivity index (χ4n) is 10.5. The molecule has 11 rings (SSSR count). The van der Waals surface area contributed by atoms with Crippen molar-refractivity contribution < 1.29 is 0 Å². The van der Waals surface area contributed by atoms with E-state index in [2.05, 4.69) is 199 Å². The summed E-state index contributed by atoms with van der Waals surface area (Å²) in [5, 5.41) is 2.49. The zero-order valence-electron chi connectivity index (χ0n) is 36.3. The lowest BCUT2D eigenvalue weighted by Gasteiger charge is -2.48. The zero-order chi connectivity index (χ0) is 42.1. The summed E-state index contributed by atoms with van der Waals surface area (Å²) in [6.07, 6.45) is 0. The molecule has 2 aliphatic carbocycles. The standard InChI is InChI=1S/C57H50N4/c1-54(2)45-26-15-12-23-39(45)41-30-29-37(32-47(41)56(54,5)6)53-59-51(35-19-10-9-11-20-35)58-52(60-53)36-21-18-22-38(31-36)61-49-28-17-14-25-42(49)44-33-43-40-24-13-16-27-46(40)55(3,4)57(7,8)48(43)34-50(44)61/h9-34H,1-8H3. The van der Waals surface area contributed by atoms with E-state index in [4.69, 9.17) is 15.0 Å². The first-order valence-corrected chi connectivity index (χ1v) is 21.6.